The molecule has 0 unspecified atom stereocenters. The van der Waals surface area contributed by atoms with Crippen molar-refractivity contribution >= 4 is 33.2 Å². The fourth-order valence-corrected chi connectivity index (χ4v) is 2.15. The van der Waals surface area contributed by atoms with Crippen molar-refractivity contribution in [2.45, 2.75) is 13.5 Å². The normalized spacial score (nSPS) is 10.4. The summed E-state index contributed by atoms with van der Waals surface area (Å²) in [5, 5.41) is 3.98. The molecule has 2 aromatic rings. The molecule has 0 fully saturated rings. The van der Waals surface area contributed by atoms with Crippen LogP contribution in [0.25, 0.3) is 0 Å². The summed E-state index contributed by atoms with van der Waals surface area (Å²) in [6.07, 6.45) is 0. The minimum Gasteiger partial charge on any atom is -0.381 e. The van der Waals surface area contributed by atoms with Crippen molar-refractivity contribution < 1.29 is 4.39 Å². The molecule has 2 rings (SSSR count). The van der Waals surface area contributed by atoms with Gasteiger partial charge in [-0.2, -0.15) is 0 Å². The average molecular weight is 329 g/mol. The molecular weight excluding hydrogens is 317 g/mol. The number of anilines is 1. The molecule has 0 saturated heterocycles. The Morgan fingerprint density at radius 1 is 1.22 bits per heavy atom. The van der Waals surface area contributed by atoms with Crippen molar-refractivity contribution in [1.82, 2.24) is 0 Å². The van der Waals surface area contributed by atoms with Crippen LogP contribution in [0.4, 0.5) is 10.1 Å². The van der Waals surface area contributed by atoms with Crippen LogP contribution in [0.15, 0.2) is 40.9 Å². The van der Waals surface area contributed by atoms with Gasteiger partial charge in [0.15, 0.2) is 0 Å². The summed E-state index contributed by atoms with van der Waals surface area (Å²) in [6.45, 7) is 2.56. The van der Waals surface area contributed by atoms with Crippen molar-refractivity contribution in [3.05, 3.63) is 62.8 Å². The Bertz CT molecular complexity index is 572. The lowest BCUT2D eigenvalue weighted by Gasteiger charge is -2.10. The summed E-state index contributed by atoms with van der Waals surface area (Å²) in [7, 11) is 0. The van der Waals surface area contributed by atoms with Crippen molar-refractivity contribution in [2.24, 2.45) is 0 Å². The Balaban J connectivity index is 2.09. The summed E-state index contributed by atoms with van der Waals surface area (Å²) in [5.41, 5.74) is 2.97. The molecular formula is C14H12BrClFN. The number of rotatable bonds is 3. The van der Waals surface area contributed by atoms with E-state index in [-0.39, 0.29) is 5.82 Å². The molecule has 0 saturated carbocycles. The molecule has 1 nitrogen and oxygen atoms in total. The maximum atomic E-state index is 13.3. The number of aryl methyl sites for hydroxylation is 1. The maximum absolute atomic E-state index is 13.3. The molecule has 0 aliphatic heterocycles. The second-order valence-electron chi connectivity index (χ2n) is 4.06. The Morgan fingerprint density at radius 3 is 2.67 bits per heavy atom. The lowest BCUT2D eigenvalue weighted by atomic mass is 10.1. The van der Waals surface area contributed by atoms with Gasteiger partial charge < -0.3 is 5.32 Å². The van der Waals surface area contributed by atoms with Gasteiger partial charge in [-0.25, -0.2) is 4.39 Å². The molecule has 1 N–H and O–H groups in total. The van der Waals surface area contributed by atoms with Gasteiger partial charge in [0.25, 0.3) is 0 Å². The third-order valence-electron chi connectivity index (χ3n) is 2.66. The van der Waals surface area contributed by atoms with Crippen LogP contribution in [0.2, 0.25) is 5.02 Å². The largest absolute Gasteiger partial charge is 0.381 e. The van der Waals surface area contributed by atoms with E-state index in [0.717, 1.165) is 16.8 Å². The molecule has 94 valence electrons. The summed E-state index contributed by atoms with van der Waals surface area (Å²) in [6, 6.07) is 10.8. The van der Waals surface area contributed by atoms with Crippen molar-refractivity contribution in [2.75, 3.05) is 5.32 Å². The molecule has 0 aliphatic carbocycles. The highest BCUT2D eigenvalue weighted by atomic mass is 79.9. The summed E-state index contributed by atoms with van der Waals surface area (Å²) in [5.74, 6) is -0.248. The van der Waals surface area contributed by atoms with Gasteiger partial charge in [0, 0.05) is 17.3 Å². The van der Waals surface area contributed by atoms with Crippen LogP contribution >= 0.6 is 27.5 Å². The molecule has 18 heavy (non-hydrogen) atoms. The van der Waals surface area contributed by atoms with Gasteiger partial charge in [-0.15, -0.1) is 0 Å². The smallest absolute Gasteiger partial charge is 0.137 e. The van der Waals surface area contributed by atoms with Gasteiger partial charge in [-0.1, -0.05) is 17.7 Å². The number of hydrogen-bond donors (Lipinski definition) is 1. The minimum atomic E-state index is -0.248. The van der Waals surface area contributed by atoms with Crippen LogP contribution in [0.3, 0.4) is 0 Å². The molecule has 0 aromatic heterocycles. The van der Waals surface area contributed by atoms with Crippen LogP contribution in [0.5, 0.6) is 0 Å². The predicted molar refractivity (Wildman–Crippen MR) is 77.6 cm³/mol. The first-order valence-corrected chi connectivity index (χ1v) is 6.67. The highest BCUT2D eigenvalue weighted by Gasteiger charge is 2.02. The number of benzene rings is 2. The molecule has 0 aliphatic rings. The Kier molecular flexibility index (Phi) is 4.25. The van der Waals surface area contributed by atoms with Crippen LogP contribution in [0, 0.1) is 12.7 Å². The number of hydrogen-bond acceptors (Lipinski definition) is 1. The lowest BCUT2D eigenvalue weighted by Crippen LogP contribution is -2.01. The lowest BCUT2D eigenvalue weighted by molar-refractivity contribution is 0.619. The maximum Gasteiger partial charge on any atom is 0.137 e. The zero-order valence-corrected chi connectivity index (χ0v) is 12.1. The molecule has 4 heteroatoms. The van der Waals surface area contributed by atoms with E-state index in [4.69, 9.17) is 11.6 Å². The first kappa shape index (κ1) is 13.4. The summed E-state index contributed by atoms with van der Waals surface area (Å²) < 4.78 is 13.8. The van der Waals surface area contributed by atoms with Crippen molar-refractivity contribution in [3.63, 3.8) is 0 Å². The van der Waals surface area contributed by atoms with E-state index < -0.39 is 0 Å². The van der Waals surface area contributed by atoms with Crippen molar-refractivity contribution in [1.29, 1.82) is 0 Å². The van der Waals surface area contributed by atoms with Gasteiger partial charge >= 0.3 is 0 Å². The first-order valence-electron chi connectivity index (χ1n) is 5.50. The standard InChI is InChI=1S/C14H12BrClFN/c1-9-6-11(16)3-5-14(9)18-8-10-2-4-12(15)13(17)7-10/h2-7,18H,8H2,1H3. The zero-order chi connectivity index (χ0) is 13.1. The first-order chi connectivity index (χ1) is 8.56. The van der Waals surface area contributed by atoms with E-state index in [9.17, 15) is 4.39 Å². The molecule has 0 radical (unpaired) electrons. The van der Waals surface area contributed by atoms with Gasteiger partial charge in [-0.3, -0.25) is 0 Å². The molecule has 0 amide bonds. The highest BCUT2D eigenvalue weighted by Crippen LogP contribution is 2.21. The second kappa shape index (κ2) is 5.72. The van der Waals surface area contributed by atoms with E-state index in [0.29, 0.717) is 16.0 Å². The van der Waals surface area contributed by atoms with Gasteiger partial charge in [0.2, 0.25) is 0 Å². The number of halogens is 3. The summed E-state index contributed by atoms with van der Waals surface area (Å²) >= 11 is 9.02. The second-order valence-corrected chi connectivity index (χ2v) is 5.35. The predicted octanol–water partition coefficient (Wildman–Crippen LogP) is 5.16. The van der Waals surface area contributed by atoms with Gasteiger partial charge in [0.1, 0.15) is 5.82 Å². The Labute approximate surface area is 119 Å². The average Bonchev–Trinajstić information content (AvgIpc) is 2.32. The third kappa shape index (κ3) is 3.24. The fourth-order valence-electron chi connectivity index (χ4n) is 1.67. The summed E-state index contributed by atoms with van der Waals surface area (Å²) in [4.78, 5) is 0. The molecule has 0 atom stereocenters. The Hall–Kier alpha value is -1.06. The van der Waals surface area contributed by atoms with Crippen LogP contribution in [-0.2, 0) is 6.54 Å². The molecule has 0 spiro atoms. The number of nitrogens with one attached hydrogen (secondary N) is 1. The van der Waals surface area contributed by atoms with Gasteiger partial charge in [-0.05, 0) is 64.3 Å². The monoisotopic (exact) mass is 327 g/mol. The molecule has 0 bridgehead atoms. The fraction of sp³-hybridized carbons (Fsp3) is 0.143. The SMILES string of the molecule is Cc1cc(Cl)ccc1NCc1ccc(Br)c(F)c1. The van der Waals surface area contributed by atoms with Crippen LogP contribution in [-0.4, -0.2) is 0 Å². The Morgan fingerprint density at radius 2 is 2.00 bits per heavy atom. The quantitative estimate of drug-likeness (QED) is 0.820. The minimum absolute atomic E-state index is 0.248. The topological polar surface area (TPSA) is 12.0 Å². The van der Waals surface area contributed by atoms with E-state index >= 15 is 0 Å². The third-order valence-corrected chi connectivity index (χ3v) is 3.53. The highest BCUT2D eigenvalue weighted by molar-refractivity contribution is 9.10. The van der Waals surface area contributed by atoms with Gasteiger partial charge in [0.05, 0.1) is 4.47 Å². The van der Waals surface area contributed by atoms with E-state index in [1.165, 1.54) is 6.07 Å². The van der Waals surface area contributed by atoms with E-state index in [1.54, 1.807) is 6.07 Å². The van der Waals surface area contributed by atoms with Crippen molar-refractivity contribution in [3.8, 4) is 0 Å². The molecule has 2 aromatic carbocycles. The van der Waals surface area contributed by atoms with E-state index in [1.807, 2.05) is 31.2 Å². The van der Waals surface area contributed by atoms with Crippen LogP contribution in [0.1, 0.15) is 11.1 Å². The molecule has 0 heterocycles. The van der Waals surface area contributed by atoms with Crippen LogP contribution < -0.4 is 5.32 Å². The van der Waals surface area contributed by atoms with E-state index in [2.05, 4.69) is 21.2 Å². The zero-order valence-electron chi connectivity index (χ0n) is 9.81.